The summed E-state index contributed by atoms with van der Waals surface area (Å²) in [6.45, 7) is 6.07. The summed E-state index contributed by atoms with van der Waals surface area (Å²) < 4.78 is 26.3. The molecule has 0 atom stereocenters. The van der Waals surface area contributed by atoms with E-state index in [1.807, 2.05) is 20.8 Å². The first-order valence-corrected chi connectivity index (χ1v) is 7.89. The highest BCUT2D eigenvalue weighted by atomic mass is 35.5. The first-order valence-electron chi connectivity index (χ1n) is 5.10. The van der Waals surface area contributed by atoms with Crippen molar-refractivity contribution in [1.82, 2.24) is 4.31 Å². The monoisotopic (exact) mass is 281 g/mol. The number of sulfonamides is 1. The molecule has 0 bridgehead atoms. The molecule has 0 spiro atoms. The van der Waals surface area contributed by atoms with Crippen LogP contribution in [0.1, 0.15) is 25.6 Å². The third kappa shape index (κ3) is 2.77. The third-order valence-corrected chi connectivity index (χ3v) is 6.37. The summed E-state index contributed by atoms with van der Waals surface area (Å²) in [5.74, 6) is 0.355. The minimum atomic E-state index is -3.35. The molecule has 0 fully saturated rings. The van der Waals surface area contributed by atoms with Crippen molar-refractivity contribution >= 4 is 33.0 Å². The lowest BCUT2D eigenvalue weighted by atomic mass is 10.4. The SMILES string of the molecule is CCN(C(C)C)S(=O)(=O)c1ccc(CCl)s1. The van der Waals surface area contributed by atoms with Gasteiger partial charge in [0.25, 0.3) is 10.0 Å². The molecule has 1 rings (SSSR count). The lowest BCUT2D eigenvalue weighted by molar-refractivity contribution is 0.370. The van der Waals surface area contributed by atoms with Crippen molar-refractivity contribution in [3.05, 3.63) is 17.0 Å². The van der Waals surface area contributed by atoms with Crippen LogP contribution in [-0.2, 0) is 15.9 Å². The van der Waals surface area contributed by atoms with Gasteiger partial charge >= 0.3 is 0 Å². The van der Waals surface area contributed by atoms with Crippen molar-refractivity contribution < 1.29 is 8.42 Å². The predicted molar refractivity (Wildman–Crippen MR) is 68.6 cm³/mol. The van der Waals surface area contributed by atoms with E-state index in [0.717, 1.165) is 4.88 Å². The summed E-state index contributed by atoms with van der Waals surface area (Å²) in [4.78, 5) is 0.875. The number of hydrogen-bond acceptors (Lipinski definition) is 3. The van der Waals surface area contributed by atoms with E-state index in [1.165, 1.54) is 15.6 Å². The van der Waals surface area contributed by atoms with E-state index in [0.29, 0.717) is 16.6 Å². The molecule has 0 N–H and O–H groups in total. The van der Waals surface area contributed by atoms with Gasteiger partial charge in [-0.1, -0.05) is 6.92 Å². The summed E-state index contributed by atoms with van der Waals surface area (Å²) in [6, 6.07) is 3.36. The zero-order chi connectivity index (χ0) is 12.3. The highest BCUT2D eigenvalue weighted by molar-refractivity contribution is 7.91. The van der Waals surface area contributed by atoms with Crippen molar-refractivity contribution in [3.63, 3.8) is 0 Å². The molecule has 1 aromatic heterocycles. The molecular formula is C10H16ClNO2S2. The number of hydrogen-bond donors (Lipinski definition) is 0. The molecule has 0 radical (unpaired) electrons. The fourth-order valence-electron chi connectivity index (χ4n) is 1.50. The van der Waals surface area contributed by atoms with Crippen molar-refractivity contribution in [3.8, 4) is 0 Å². The lowest BCUT2D eigenvalue weighted by Crippen LogP contribution is -2.36. The van der Waals surface area contributed by atoms with E-state index >= 15 is 0 Å². The lowest BCUT2D eigenvalue weighted by Gasteiger charge is -2.23. The van der Waals surface area contributed by atoms with Gasteiger partial charge in [-0.3, -0.25) is 0 Å². The molecule has 0 aliphatic heterocycles. The molecule has 92 valence electrons. The van der Waals surface area contributed by atoms with Crippen LogP contribution in [0.15, 0.2) is 16.3 Å². The fourth-order valence-corrected chi connectivity index (χ4v) is 4.73. The smallest absolute Gasteiger partial charge is 0.206 e. The Hall–Kier alpha value is -0.100. The molecule has 1 aromatic rings. The summed E-state index contributed by atoms with van der Waals surface area (Å²) in [7, 11) is -3.35. The number of nitrogens with zero attached hydrogens (tertiary/aromatic N) is 1. The zero-order valence-electron chi connectivity index (χ0n) is 9.60. The largest absolute Gasteiger partial charge is 0.252 e. The predicted octanol–water partition coefficient (Wildman–Crippen LogP) is 2.91. The van der Waals surface area contributed by atoms with Crippen LogP contribution in [-0.4, -0.2) is 25.3 Å². The molecule has 0 saturated heterocycles. The molecule has 3 nitrogen and oxygen atoms in total. The van der Waals surface area contributed by atoms with Crippen LogP contribution in [0.3, 0.4) is 0 Å². The van der Waals surface area contributed by atoms with Crippen molar-refractivity contribution in [1.29, 1.82) is 0 Å². The quantitative estimate of drug-likeness (QED) is 0.778. The Bertz CT molecular complexity index is 439. The van der Waals surface area contributed by atoms with Gasteiger partial charge in [0.15, 0.2) is 0 Å². The molecule has 0 aromatic carbocycles. The molecule has 6 heteroatoms. The van der Waals surface area contributed by atoms with Crippen LogP contribution in [0.25, 0.3) is 0 Å². The summed E-state index contributed by atoms with van der Waals surface area (Å²) in [6.07, 6.45) is 0. The topological polar surface area (TPSA) is 37.4 Å². The first kappa shape index (κ1) is 14.0. The normalized spacial score (nSPS) is 12.6. The zero-order valence-corrected chi connectivity index (χ0v) is 12.0. The number of rotatable bonds is 5. The Balaban J connectivity index is 3.09. The molecular weight excluding hydrogens is 266 g/mol. The second-order valence-electron chi connectivity index (χ2n) is 3.66. The Labute approximate surface area is 106 Å². The van der Waals surface area contributed by atoms with Crippen LogP contribution < -0.4 is 0 Å². The van der Waals surface area contributed by atoms with Crippen LogP contribution >= 0.6 is 22.9 Å². The molecule has 1 heterocycles. The van der Waals surface area contributed by atoms with Crippen LogP contribution in [0, 0.1) is 0 Å². The van der Waals surface area contributed by atoms with E-state index in [2.05, 4.69) is 0 Å². The summed E-state index contributed by atoms with van der Waals surface area (Å²) in [5.41, 5.74) is 0. The van der Waals surface area contributed by atoms with Gasteiger partial charge in [0, 0.05) is 17.5 Å². The minimum absolute atomic E-state index is 0.0310. The number of halogens is 1. The van der Waals surface area contributed by atoms with Gasteiger partial charge in [-0.05, 0) is 26.0 Å². The van der Waals surface area contributed by atoms with E-state index in [-0.39, 0.29) is 6.04 Å². The van der Waals surface area contributed by atoms with E-state index in [4.69, 9.17) is 11.6 Å². The Morgan fingerprint density at radius 2 is 2.06 bits per heavy atom. The van der Waals surface area contributed by atoms with Crippen LogP contribution in [0.5, 0.6) is 0 Å². The number of thiophene rings is 1. The van der Waals surface area contributed by atoms with Gasteiger partial charge in [-0.15, -0.1) is 22.9 Å². The Morgan fingerprint density at radius 1 is 1.44 bits per heavy atom. The third-order valence-electron chi connectivity index (χ3n) is 2.22. The Kier molecular flexibility index (Phi) is 4.79. The average molecular weight is 282 g/mol. The molecule has 0 saturated carbocycles. The molecule has 0 aliphatic rings. The average Bonchev–Trinajstić information content (AvgIpc) is 2.66. The fraction of sp³-hybridized carbons (Fsp3) is 0.600. The maximum atomic E-state index is 12.2. The molecule has 0 aliphatic carbocycles. The van der Waals surface area contributed by atoms with Crippen LogP contribution in [0.4, 0.5) is 0 Å². The molecule has 0 amide bonds. The summed E-state index contributed by atoms with van der Waals surface area (Å²) >= 11 is 6.91. The highest BCUT2D eigenvalue weighted by Crippen LogP contribution is 2.26. The summed E-state index contributed by atoms with van der Waals surface area (Å²) in [5, 5.41) is 0. The number of alkyl halides is 1. The maximum Gasteiger partial charge on any atom is 0.252 e. The van der Waals surface area contributed by atoms with E-state index < -0.39 is 10.0 Å². The van der Waals surface area contributed by atoms with Gasteiger partial charge in [-0.2, -0.15) is 4.31 Å². The second-order valence-corrected chi connectivity index (χ2v) is 7.21. The second kappa shape index (κ2) is 5.49. The first-order chi connectivity index (χ1) is 7.43. The van der Waals surface area contributed by atoms with Crippen LogP contribution in [0.2, 0.25) is 0 Å². The van der Waals surface area contributed by atoms with Crippen molar-refractivity contribution in [2.45, 2.75) is 36.9 Å². The maximum absolute atomic E-state index is 12.2. The standard InChI is InChI=1S/C10H16ClNO2S2/c1-4-12(8(2)3)16(13,14)10-6-5-9(7-11)15-10/h5-6,8H,4,7H2,1-3H3. The molecule has 16 heavy (non-hydrogen) atoms. The molecule has 0 unspecified atom stereocenters. The minimum Gasteiger partial charge on any atom is -0.206 e. The van der Waals surface area contributed by atoms with E-state index in [9.17, 15) is 8.42 Å². The van der Waals surface area contributed by atoms with Gasteiger partial charge in [0.1, 0.15) is 4.21 Å². The van der Waals surface area contributed by atoms with Gasteiger partial charge in [0.2, 0.25) is 0 Å². The van der Waals surface area contributed by atoms with Crippen molar-refractivity contribution in [2.75, 3.05) is 6.54 Å². The highest BCUT2D eigenvalue weighted by Gasteiger charge is 2.26. The van der Waals surface area contributed by atoms with Crippen molar-refractivity contribution in [2.24, 2.45) is 0 Å². The van der Waals surface area contributed by atoms with Gasteiger partial charge < -0.3 is 0 Å². The van der Waals surface area contributed by atoms with Gasteiger partial charge in [0.05, 0.1) is 5.88 Å². The van der Waals surface area contributed by atoms with E-state index in [1.54, 1.807) is 12.1 Å². The van der Waals surface area contributed by atoms with Gasteiger partial charge in [-0.25, -0.2) is 8.42 Å². The Morgan fingerprint density at radius 3 is 2.44 bits per heavy atom.